The van der Waals surface area contributed by atoms with Gasteiger partial charge >= 0.3 is 0 Å². The molecule has 132 valence electrons. The fraction of sp³-hybridized carbons (Fsp3) is 0.591. The SMILES string of the molecule is Cc1c(C23CC4CC(CC(C4)C2)C3)c(=O)n(C)n1Cc1ccccc1. The number of benzene rings is 1. The Morgan fingerprint density at radius 3 is 2.12 bits per heavy atom. The summed E-state index contributed by atoms with van der Waals surface area (Å²) in [7, 11) is 1.95. The van der Waals surface area contributed by atoms with Crippen molar-refractivity contribution in [2.75, 3.05) is 0 Å². The Bertz CT molecular complexity index is 823. The van der Waals surface area contributed by atoms with Crippen LogP contribution in [0, 0.1) is 24.7 Å². The Hall–Kier alpha value is -1.77. The van der Waals surface area contributed by atoms with Crippen LogP contribution in [-0.2, 0) is 19.0 Å². The van der Waals surface area contributed by atoms with Crippen LogP contribution in [0.3, 0.4) is 0 Å². The lowest BCUT2D eigenvalue weighted by Crippen LogP contribution is -2.50. The van der Waals surface area contributed by atoms with Crippen molar-refractivity contribution in [3.05, 3.63) is 57.5 Å². The van der Waals surface area contributed by atoms with Crippen LogP contribution in [-0.4, -0.2) is 9.36 Å². The molecule has 4 saturated carbocycles. The minimum Gasteiger partial charge on any atom is -0.282 e. The maximum Gasteiger partial charge on any atom is 0.270 e. The summed E-state index contributed by atoms with van der Waals surface area (Å²) >= 11 is 0. The molecular formula is C22H28N2O. The highest BCUT2D eigenvalue weighted by molar-refractivity contribution is 5.32. The largest absolute Gasteiger partial charge is 0.282 e. The fourth-order valence-corrected chi connectivity index (χ4v) is 6.79. The topological polar surface area (TPSA) is 26.9 Å². The lowest BCUT2D eigenvalue weighted by atomic mass is 9.48. The van der Waals surface area contributed by atoms with Crippen molar-refractivity contribution >= 4 is 0 Å². The van der Waals surface area contributed by atoms with Gasteiger partial charge in [-0.25, -0.2) is 0 Å². The van der Waals surface area contributed by atoms with Crippen LogP contribution in [0.5, 0.6) is 0 Å². The minimum absolute atomic E-state index is 0.176. The molecule has 0 unspecified atom stereocenters. The van der Waals surface area contributed by atoms with E-state index in [-0.39, 0.29) is 11.0 Å². The zero-order valence-corrected chi connectivity index (χ0v) is 15.4. The summed E-state index contributed by atoms with van der Waals surface area (Å²) in [5, 5.41) is 0. The van der Waals surface area contributed by atoms with Gasteiger partial charge in [-0.3, -0.25) is 14.2 Å². The lowest BCUT2D eigenvalue weighted by Gasteiger charge is -2.56. The number of rotatable bonds is 3. The van der Waals surface area contributed by atoms with Crippen molar-refractivity contribution in [3.8, 4) is 0 Å². The Morgan fingerprint density at radius 2 is 1.56 bits per heavy atom. The average molecular weight is 336 g/mol. The molecule has 2 aromatic rings. The van der Waals surface area contributed by atoms with E-state index in [4.69, 9.17) is 0 Å². The zero-order valence-electron chi connectivity index (χ0n) is 15.4. The quantitative estimate of drug-likeness (QED) is 0.832. The molecular weight excluding hydrogens is 308 g/mol. The van der Waals surface area contributed by atoms with Gasteiger partial charge in [0.05, 0.1) is 6.54 Å². The van der Waals surface area contributed by atoms with Crippen molar-refractivity contribution in [1.82, 2.24) is 9.36 Å². The van der Waals surface area contributed by atoms with Gasteiger partial charge in [-0.15, -0.1) is 0 Å². The van der Waals surface area contributed by atoms with E-state index >= 15 is 0 Å². The first-order valence-corrected chi connectivity index (χ1v) is 9.86. The Labute approximate surface area is 149 Å². The van der Waals surface area contributed by atoms with Crippen LogP contribution in [0.25, 0.3) is 0 Å². The summed E-state index contributed by atoms with van der Waals surface area (Å²) < 4.78 is 4.07. The van der Waals surface area contributed by atoms with E-state index in [1.54, 1.807) is 0 Å². The summed E-state index contributed by atoms with van der Waals surface area (Å²) in [5.74, 6) is 2.61. The first kappa shape index (κ1) is 15.5. The van der Waals surface area contributed by atoms with Gasteiger partial charge in [-0.1, -0.05) is 30.3 Å². The molecule has 1 aromatic carbocycles. The highest BCUT2D eigenvalue weighted by atomic mass is 16.1. The van der Waals surface area contributed by atoms with Gasteiger partial charge in [0, 0.05) is 23.7 Å². The molecule has 0 atom stereocenters. The molecule has 4 aliphatic carbocycles. The van der Waals surface area contributed by atoms with E-state index in [1.165, 1.54) is 49.8 Å². The molecule has 0 amide bonds. The molecule has 25 heavy (non-hydrogen) atoms. The van der Waals surface area contributed by atoms with Crippen LogP contribution >= 0.6 is 0 Å². The molecule has 0 N–H and O–H groups in total. The van der Waals surface area contributed by atoms with Crippen molar-refractivity contribution in [2.45, 2.75) is 57.4 Å². The summed E-state index contributed by atoms with van der Waals surface area (Å²) in [5.41, 5.74) is 4.06. The fourth-order valence-electron chi connectivity index (χ4n) is 6.79. The Kier molecular flexibility index (Phi) is 3.32. The average Bonchev–Trinajstić information content (AvgIpc) is 2.78. The summed E-state index contributed by atoms with van der Waals surface area (Å²) in [6, 6.07) is 10.5. The third kappa shape index (κ3) is 2.28. The molecule has 0 radical (unpaired) electrons. The van der Waals surface area contributed by atoms with Crippen molar-refractivity contribution < 1.29 is 0 Å². The summed E-state index contributed by atoms with van der Waals surface area (Å²) in [4.78, 5) is 13.3. The van der Waals surface area contributed by atoms with E-state index in [9.17, 15) is 4.79 Å². The number of hydrogen-bond donors (Lipinski definition) is 0. The maximum absolute atomic E-state index is 13.3. The summed E-state index contributed by atoms with van der Waals surface area (Å²) in [6.07, 6.45) is 8.02. The standard InChI is InChI=1S/C22H28N2O/c1-15-20(22-11-17-8-18(12-22)10-19(9-17)13-22)21(25)23(2)24(15)14-16-6-4-3-5-7-16/h3-7,17-19H,8-14H2,1-2H3. The van der Waals surface area contributed by atoms with Crippen molar-refractivity contribution in [3.63, 3.8) is 0 Å². The molecule has 0 aliphatic heterocycles. The van der Waals surface area contributed by atoms with Crippen LogP contribution in [0.15, 0.2) is 35.1 Å². The van der Waals surface area contributed by atoms with Crippen LogP contribution < -0.4 is 5.56 Å². The van der Waals surface area contributed by atoms with Gasteiger partial charge in [0.25, 0.3) is 5.56 Å². The highest BCUT2D eigenvalue weighted by Crippen LogP contribution is 2.60. The predicted octanol–water partition coefficient (Wildman–Crippen LogP) is 4.01. The molecule has 3 nitrogen and oxygen atoms in total. The Morgan fingerprint density at radius 1 is 1.00 bits per heavy atom. The van der Waals surface area contributed by atoms with Crippen LogP contribution in [0.2, 0.25) is 0 Å². The maximum atomic E-state index is 13.3. The molecule has 4 bridgehead atoms. The Balaban J connectivity index is 1.59. The molecule has 6 rings (SSSR count). The molecule has 1 heterocycles. The van der Waals surface area contributed by atoms with Crippen molar-refractivity contribution in [2.24, 2.45) is 24.8 Å². The van der Waals surface area contributed by atoms with E-state index in [0.717, 1.165) is 29.9 Å². The van der Waals surface area contributed by atoms with Crippen molar-refractivity contribution in [1.29, 1.82) is 0 Å². The van der Waals surface area contributed by atoms with Gasteiger partial charge in [0.15, 0.2) is 0 Å². The smallest absolute Gasteiger partial charge is 0.270 e. The molecule has 0 saturated heterocycles. The first-order chi connectivity index (χ1) is 12.1. The number of nitrogens with zero attached hydrogens (tertiary/aromatic N) is 2. The third-order valence-corrected chi connectivity index (χ3v) is 7.36. The van der Waals surface area contributed by atoms with Crippen LogP contribution in [0.4, 0.5) is 0 Å². The van der Waals surface area contributed by atoms with E-state index < -0.39 is 0 Å². The monoisotopic (exact) mass is 336 g/mol. The predicted molar refractivity (Wildman–Crippen MR) is 99.8 cm³/mol. The molecule has 1 aromatic heterocycles. The van der Waals surface area contributed by atoms with Gasteiger partial charge < -0.3 is 0 Å². The van der Waals surface area contributed by atoms with E-state index in [2.05, 4.69) is 35.9 Å². The normalized spacial score (nSPS) is 33.1. The van der Waals surface area contributed by atoms with Crippen LogP contribution in [0.1, 0.15) is 55.3 Å². The van der Waals surface area contributed by atoms with Gasteiger partial charge in [0.1, 0.15) is 0 Å². The number of hydrogen-bond acceptors (Lipinski definition) is 1. The lowest BCUT2D eigenvalue weighted by molar-refractivity contribution is -0.00600. The molecule has 3 heteroatoms. The second-order valence-electron chi connectivity index (χ2n) is 9.03. The second-order valence-corrected chi connectivity index (χ2v) is 9.03. The summed E-state index contributed by atoms with van der Waals surface area (Å²) in [6.45, 7) is 2.96. The third-order valence-electron chi connectivity index (χ3n) is 7.36. The first-order valence-electron chi connectivity index (χ1n) is 9.86. The highest BCUT2D eigenvalue weighted by Gasteiger charge is 2.53. The van der Waals surface area contributed by atoms with E-state index in [1.807, 2.05) is 17.8 Å². The molecule has 4 aliphatic rings. The minimum atomic E-state index is 0.176. The van der Waals surface area contributed by atoms with Gasteiger partial charge in [0.2, 0.25) is 0 Å². The molecule has 0 spiro atoms. The van der Waals surface area contributed by atoms with Gasteiger partial charge in [-0.2, -0.15) is 0 Å². The van der Waals surface area contributed by atoms with Gasteiger partial charge in [-0.05, 0) is 68.8 Å². The zero-order chi connectivity index (χ0) is 17.2. The molecule has 4 fully saturated rings. The number of aromatic nitrogens is 2. The van der Waals surface area contributed by atoms with E-state index in [0.29, 0.717) is 0 Å². The second kappa shape index (κ2) is 5.36.